The van der Waals surface area contributed by atoms with Gasteiger partial charge in [0.15, 0.2) is 11.6 Å². The summed E-state index contributed by atoms with van der Waals surface area (Å²) in [5, 5.41) is 0. The molecule has 0 saturated heterocycles. The van der Waals surface area contributed by atoms with E-state index < -0.39 is 40.8 Å². The number of halogens is 7. The zero-order valence-corrected chi connectivity index (χ0v) is 23.8. The van der Waals surface area contributed by atoms with E-state index in [1.807, 2.05) is 91.9 Å². The van der Waals surface area contributed by atoms with Gasteiger partial charge in [-0.15, -0.1) is 0 Å². The lowest BCUT2D eigenvalue weighted by atomic mass is 9.88. The summed E-state index contributed by atoms with van der Waals surface area (Å²) >= 11 is 0. The molecule has 5 aromatic carbocycles. The number of benzene rings is 5. The maximum absolute atomic E-state index is 14.4. The Balaban J connectivity index is 1.49. The maximum atomic E-state index is 14.4. The second kappa shape index (κ2) is 13.3. The van der Waals surface area contributed by atoms with E-state index in [4.69, 9.17) is 9.47 Å². The molecule has 0 atom stereocenters. The number of alkyl halides is 3. The van der Waals surface area contributed by atoms with Crippen molar-refractivity contribution in [3.05, 3.63) is 160 Å². The molecule has 9 heteroatoms. The lowest BCUT2D eigenvalue weighted by molar-refractivity contribution is -0.143. The first-order chi connectivity index (χ1) is 21.6. The Labute approximate surface area is 255 Å². The fourth-order valence-corrected chi connectivity index (χ4v) is 4.90. The SMILES string of the molecule is CC/C(=C(\c1ccc(OCc2ccccc2)cc1)c1ccc(Oc2c(F)c(F)c(C(F)(F)F)c(F)c2F)cc1)c1ccccc1. The van der Waals surface area contributed by atoms with Gasteiger partial charge in [0.1, 0.15) is 23.7 Å². The summed E-state index contributed by atoms with van der Waals surface area (Å²) < 4.78 is 107. The van der Waals surface area contributed by atoms with Crippen molar-refractivity contribution in [3.63, 3.8) is 0 Å². The third-order valence-corrected chi connectivity index (χ3v) is 7.04. The van der Waals surface area contributed by atoms with Crippen LogP contribution in [0.4, 0.5) is 30.7 Å². The van der Waals surface area contributed by atoms with Crippen LogP contribution in [0.1, 0.15) is 41.2 Å². The van der Waals surface area contributed by atoms with Crippen LogP contribution in [0.15, 0.2) is 109 Å². The normalized spacial score (nSPS) is 12.1. The van der Waals surface area contributed by atoms with Gasteiger partial charge in [-0.25, -0.2) is 8.78 Å². The smallest absolute Gasteiger partial charge is 0.422 e. The lowest BCUT2D eigenvalue weighted by Gasteiger charge is -2.18. The van der Waals surface area contributed by atoms with Crippen LogP contribution >= 0.6 is 0 Å². The average Bonchev–Trinajstić information content (AvgIpc) is 3.05. The maximum Gasteiger partial charge on any atom is 0.422 e. The highest BCUT2D eigenvalue weighted by Crippen LogP contribution is 2.41. The molecule has 0 bridgehead atoms. The summed E-state index contributed by atoms with van der Waals surface area (Å²) in [5.74, 6) is -11.0. The van der Waals surface area contributed by atoms with Gasteiger partial charge in [-0.05, 0) is 64.1 Å². The Morgan fingerprint density at radius 3 is 1.56 bits per heavy atom. The molecule has 0 fully saturated rings. The summed E-state index contributed by atoms with van der Waals surface area (Å²) in [6, 6.07) is 32.6. The zero-order chi connectivity index (χ0) is 32.1. The van der Waals surface area contributed by atoms with Gasteiger partial charge >= 0.3 is 6.18 Å². The van der Waals surface area contributed by atoms with Crippen LogP contribution in [-0.4, -0.2) is 0 Å². The fourth-order valence-electron chi connectivity index (χ4n) is 4.90. The van der Waals surface area contributed by atoms with Crippen molar-refractivity contribution in [2.45, 2.75) is 26.1 Å². The molecule has 0 aliphatic carbocycles. The molecule has 0 amide bonds. The van der Waals surface area contributed by atoms with E-state index in [1.165, 1.54) is 12.1 Å². The van der Waals surface area contributed by atoms with Gasteiger partial charge in [-0.1, -0.05) is 91.9 Å². The molecule has 2 nitrogen and oxygen atoms in total. The number of allylic oxidation sites excluding steroid dienone is 1. The standard InChI is InChI=1S/C36H25F7O2/c1-2-28(23-11-7-4-8-12-23)29(24-13-17-26(18-14-24)44-21-22-9-5-3-6-10-22)25-15-19-27(20-16-25)45-35-33(39)31(37)30(36(41,42)43)32(38)34(35)40/h3-20H,2,21H2,1H3/b29-28-. The van der Waals surface area contributed by atoms with Crippen molar-refractivity contribution in [1.29, 1.82) is 0 Å². The van der Waals surface area contributed by atoms with Gasteiger partial charge in [-0.3, -0.25) is 0 Å². The topological polar surface area (TPSA) is 18.5 Å². The molecular formula is C36H25F7O2. The number of hydrogen-bond donors (Lipinski definition) is 0. The van der Waals surface area contributed by atoms with Crippen LogP contribution in [-0.2, 0) is 12.8 Å². The van der Waals surface area contributed by atoms with Crippen molar-refractivity contribution < 1.29 is 40.2 Å². The Kier molecular flexibility index (Phi) is 9.27. The zero-order valence-electron chi connectivity index (χ0n) is 23.8. The van der Waals surface area contributed by atoms with Crippen LogP contribution in [0.5, 0.6) is 17.2 Å². The van der Waals surface area contributed by atoms with E-state index >= 15 is 0 Å². The van der Waals surface area contributed by atoms with E-state index in [2.05, 4.69) is 0 Å². The molecule has 0 aliphatic rings. The molecule has 0 N–H and O–H groups in total. The molecule has 0 spiro atoms. The molecule has 0 aliphatic heterocycles. The second-order valence-corrected chi connectivity index (χ2v) is 9.96. The number of rotatable bonds is 9. The number of ether oxygens (including phenoxy) is 2. The minimum Gasteiger partial charge on any atom is -0.489 e. The summed E-state index contributed by atoms with van der Waals surface area (Å²) in [6.45, 7) is 2.39. The third-order valence-electron chi connectivity index (χ3n) is 7.04. The molecule has 0 aromatic heterocycles. The average molecular weight is 623 g/mol. The van der Waals surface area contributed by atoms with Gasteiger partial charge in [0, 0.05) is 0 Å². The molecule has 5 rings (SSSR count). The molecule has 0 heterocycles. The molecule has 45 heavy (non-hydrogen) atoms. The monoisotopic (exact) mass is 622 g/mol. The van der Waals surface area contributed by atoms with Crippen LogP contribution in [0, 0.1) is 23.3 Å². The van der Waals surface area contributed by atoms with E-state index in [1.54, 1.807) is 12.1 Å². The van der Waals surface area contributed by atoms with Crippen molar-refractivity contribution in [3.8, 4) is 17.2 Å². The summed E-state index contributed by atoms with van der Waals surface area (Å²) in [5.41, 5.74) is 2.62. The molecule has 5 aromatic rings. The van der Waals surface area contributed by atoms with E-state index in [0.29, 0.717) is 24.3 Å². The van der Waals surface area contributed by atoms with Gasteiger partial charge in [-0.2, -0.15) is 22.0 Å². The first kappa shape index (κ1) is 31.4. The van der Waals surface area contributed by atoms with Crippen molar-refractivity contribution in [2.24, 2.45) is 0 Å². The predicted octanol–water partition coefficient (Wildman–Crippen LogP) is 11.0. The van der Waals surface area contributed by atoms with Crippen molar-refractivity contribution >= 4 is 11.1 Å². The first-order valence-corrected chi connectivity index (χ1v) is 13.9. The Morgan fingerprint density at radius 2 is 1.07 bits per heavy atom. The van der Waals surface area contributed by atoms with Crippen molar-refractivity contribution in [2.75, 3.05) is 0 Å². The summed E-state index contributed by atoms with van der Waals surface area (Å²) in [6.07, 6.45) is -5.02. The van der Waals surface area contributed by atoms with Crippen LogP contribution in [0.25, 0.3) is 11.1 Å². The molecule has 0 saturated carbocycles. The first-order valence-electron chi connectivity index (χ1n) is 13.9. The molecule has 0 unspecified atom stereocenters. The van der Waals surface area contributed by atoms with E-state index in [9.17, 15) is 30.7 Å². The predicted molar refractivity (Wildman–Crippen MR) is 158 cm³/mol. The van der Waals surface area contributed by atoms with Crippen LogP contribution < -0.4 is 9.47 Å². The highest BCUT2D eigenvalue weighted by molar-refractivity contribution is 5.98. The van der Waals surface area contributed by atoms with E-state index in [0.717, 1.165) is 27.8 Å². The highest BCUT2D eigenvalue weighted by Gasteiger charge is 2.43. The summed E-state index contributed by atoms with van der Waals surface area (Å²) in [7, 11) is 0. The quantitative estimate of drug-likeness (QED) is 0.0925. The van der Waals surface area contributed by atoms with Gasteiger partial charge in [0.25, 0.3) is 0 Å². The summed E-state index contributed by atoms with van der Waals surface area (Å²) in [4.78, 5) is 0. The molecular weight excluding hydrogens is 597 g/mol. The fraction of sp³-hybridized carbons (Fsp3) is 0.111. The Hall–Kier alpha value is -5.05. The van der Waals surface area contributed by atoms with Crippen LogP contribution in [0.3, 0.4) is 0 Å². The van der Waals surface area contributed by atoms with Crippen molar-refractivity contribution in [1.82, 2.24) is 0 Å². The van der Waals surface area contributed by atoms with Gasteiger partial charge in [0.05, 0.1) is 0 Å². The third kappa shape index (κ3) is 6.87. The second-order valence-electron chi connectivity index (χ2n) is 9.96. The Morgan fingerprint density at radius 1 is 0.578 bits per heavy atom. The largest absolute Gasteiger partial charge is 0.489 e. The minimum atomic E-state index is -5.65. The van der Waals surface area contributed by atoms with Gasteiger partial charge < -0.3 is 9.47 Å². The molecule has 230 valence electrons. The van der Waals surface area contributed by atoms with E-state index in [-0.39, 0.29) is 5.75 Å². The van der Waals surface area contributed by atoms with Crippen LogP contribution in [0.2, 0.25) is 0 Å². The Bertz CT molecular complexity index is 1770. The number of hydrogen-bond acceptors (Lipinski definition) is 2. The van der Waals surface area contributed by atoms with Gasteiger partial charge in [0.2, 0.25) is 17.4 Å². The minimum absolute atomic E-state index is 0.253. The highest BCUT2D eigenvalue weighted by atomic mass is 19.4. The molecule has 0 radical (unpaired) electrons. The lowest BCUT2D eigenvalue weighted by Crippen LogP contribution is -2.15.